The normalized spacial score (nSPS) is 9.00. The molecule has 10 heavy (non-hydrogen) atoms. The molecule has 1 heterocycles. The molecule has 0 amide bonds. The van der Waals surface area contributed by atoms with Crippen LogP contribution in [-0.2, 0) is 0 Å². The number of hydrogen-bond donors (Lipinski definition) is 2. The maximum Gasteiger partial charge on any atom is 0.178 e. The molecule has 3 nitrogen and oxygen atoms in total. The van der Waals surface area contributed by atoms with Gasteiger partial charge in [0.05, 0.1) is 7.11 Å². The fraction of sp³-hybridized carbons (Fsp3) is 0.167. The minimum atomic E-state index is 0.633. The fourth-order valence-corrected chi connectivity index (χ4v) is 0.807. The highest BCUT2D eigenvalue weighted by atomic mass is 32.1. The summed E-state index contributed by atoms with van der Waals surface area (Å²) in [6, 6.07) is 3.61. The molecule has 0 aliphatic carbocycles. The first-order valence-corrected chi connectivity index (χ1v) is 3.22. The molecule has 0 aliphatic heterocycles. The molecular formula is C6H8N2OS. The molecule has 0 saturated heterocycles. The third-order valence-electron chi connectivity index (χ3n) is 1.10. The van der Waals surface area contributed by atoms with Crippen molar-refractivity contribution in [1.82, 2.24) is 4.98 Å². The van der Waals surface area contributed by atoms with Gasteiger partial charge in [-0.2, -0.15) is 0 Å². The molecule has 0 atom stereocenters. The van der Waals surface area contributed by atoms with Crippen molar-refractivity contribution >= 4 is 18.6 Å². The van der Waals surface area contributed by atoms with Gasteiger partial charge < -0.3 is 9.46 Å². The van der Waals surface area contributed by atoms with Crippen LogP contribution in [-0.4, -0.2) is 12.1 Å². The van der Waals surface area contributed by atoms with Crippen LogP contribution in [0, 0.1) is 0 Å². The number of thiol groups is 1. The van der Waals surface area contributed by atoms with Crippen LogP contribution in [0.2, 0.25) is 0 Å². The van der Waals surface area contributed by atoms with Crippen molar-refractivity contribution < 1.29 is 4.74 Å². The maximum atomic E-state index is 4.96. The number of hydrogen-bond acceptors (Lipinski definition) is 4. The average molecular weight is 156 g/mol. The van der Waals surface area contributed by atoms with Crippen LogP contribution in [0.1, 0.15) is 0 Å². The monoisotopic (exact) mass is 156 g/mol. The molecule has 0 unspecified atom stereocenters. The number of anilines is 1. The van der Waals surface area contributed by atoms with Gasteiger partial charge in [0.1, 0.15) is 0 Å². The highest BCUT2D eigenvalue weighted by molar-refractivity contribution is 7.81. The Kier molecular flexibility index (Phi) is 2.39. The van der Waals surface area contributed by atoms with E-state index in [9.17, 15) is 0 Å². The molecule has 4 heteroatoms. The summed E-state index contributed by atoms with van der Waals surface area (Å²) in [5.74, 6) is 1.32. The van der Waals surface area contributed by atoms with E-state index in [-0.39, 0.29) is 0 Å². The summed E-state index contributed by atoms with van der Waals surface area (Å²) in [5, 5.41) is 0. The molecule has 54 valence electrons. The predicted molar refractivity (Wildman–Crippen MR) is 43.4 cm³/mol. The molecule has 1 N–H and O–H groups in total. The van der Waals surface area contributed by atoms with E-state index in [1.54, 1.807) is 19.4 Å². The zero-order valence-electron chi connectivity index (χ0n) is 5.53. The maximum absolute atomic E-state index is 4.96. The lowest BCUT2D eigenvalue weighted by molar-refractivity contribution is 0.415. The molecule has 0 bridgehead atoms. The molecule has 0 aromatic carbocycles. The van der Waals surface area contributed by atoms with Gasteiger partial charge in [0.25, 0.3) is 0 Å². The molecule has 0 saturated carbocycles. The van der Waals surface area contributed by atoms with Gasteiger partial charge in [0, 0.05) is 6.20 Å². The van der Waals surface area contributed by atoms with Gasteiger partial charge in [-0.1, -0.05) is 12.8 Å². The molecule has 0 aliphatic rings. The van der Waals surface area contributed by atoms with Gasteiger partial charge in [-0.15, -0.1) is 0 Å². The van der Waals surface area contributed by atoms with Crippen LogP contribution in [0.5, 0.6) is 5.75 Å². The van der Waals surface area contributed by atoms with Crippen molar-refractivity contribution in [2.75, 3.05) is 11.8 Å². The van der Waals surface area contributed by atoms with Crippen molar-refractivity contribution in [3.05, 3.63) is 18.3 Å². The predicted octanol–water partition coefficient (Wildman–Crippen LogP) is 1.35. The first-order valence-electron chi connectivity index (χ1n) is 2.77. The lowest BCUT2D eigenvalue weighted by Gasteiger charge is -2.03. The topological polar surface area (TPSA) is 34.1 Å². The Morgan fingerprint density at radius 1 is 1.70 bits per heavy atom. The van der Waals surface area contributed by atoms with E-state index in [1.165, 1.54) is 0 Å². The summed E-state index contributed by atoms with van der Waals surface area (Å²) < 4.78 is 7.57. The van der Waals surface area contributed by atoms with Crippen LogP contribution >= 0.6 is 12.8 Å². The van der Waals surface area contributed by atoms with Gasteiger partial charge in [0.15, 0.2) is 11.6 Å². The minimum absolute atomic E-state index is 0.633. The van der Waals surface area contributed by atoms with Gasteiger partial charge in [-0.25, -0.2) is 4.98 Å². The van der Waals surface area contributed by atoms with Crippen molar-refractivity contribution in [3.63, 3.8) is 0 Å². The second kappa shape index (κ2) is 3.31. The highest BCUT2D eigenvalue weighted by Crippen LogP contribution is 2.19. The number of rotatable bonds is 2. The summed E-state index contributed by atoms with van der Waals surface area (Å²) >= 11 is 3.84. The Balaban J connectivity index is 2.96. The summed E-state index contributed by atoms with van der Waals surface area (Å²) in [5.41, 5.74) is 0. The van der Waals surface area contributed by atoms with Crippen molar-refractivity contribution in [2.45, 2.75) is 0 Å². The van der Waals surface area contributed by atoms with Crippen LogP contribution in [0.4, 0.5) is 5.82 Å². The van der Waals surface area contributed by atoms with Gasteiger partial charge in [-0.3, -0.25) is 0 Å². The Morgan fingerprint density at radius 3 is 3.00 bits per heavy atom. The van der Waals surface area contributed by atoms with E-state index in [1.807, 2.05) is 6.07 Å². The Bertz CT molecular complexity index is 194. The van der Waals surface area contributed by atoms with E-state index in [0.717, 1.165) is 0 Å². The second-order valence-corrected chi connectivity index (χ2v) is 1.89. The Hall–Kier alpha value is -0.900. The Labute approximate surface area is 65.0 Å². The largest absolute Gasteiger partial charge is 0.493 e. The quantitative estimate of drug-likeness (QED) is 0.634. The number of pyridine rings is 1. The molecular weight excluding hydrogens is 148 g/mol. The van der Waals surface area contributed by atoms with Gasteiger partial charge in [-0.05, 0) is 12.1 Å². The summed E-state index contributed by atoms with van der Waals surface area (Å²) in [6.45, 7) is 0. The molecule has 0 radical (unpaired) electrons. The number of ether oxygens (including phenoxy) is 1. The van der Waals surface area contributed by atoms with Crippen molar-refractivity contribution in [1.29, 1.82) is 0 Å². The third-order valence-corrected chi connectivity index (χ3v) is 1.31. The first-order chi connectivity index (χ1) is 4.88. The summed E-state index contributed by atoms with van der Waals surface area (Å²) in [7, 11) is 1.59. The SMILES string of the molecule is COc1cccnc1NS. The summed E-state index contributed by atoms with van der Waals surface area (Å²) in [6.07, 6.45) is 1.67. The van der Waals surface area contributed by atoms with Crippen LogP contribution < -0.4 is 9.46 Å². The Morgan fingerprint density at radius 2 is 2.50 bits per heavy atom. The number of nitrogens with zero attached hydrogens (tertiary/aromatic N) is 1. The zero-order chi connectivity index (χ0) is 7.40. The standard InChI is InChI=1S/C6H8N2OS/c1-9-5-3-2-4-7-6(5)8-10/h2-4,10H,1H3,(H,7,8). The fourth-order valence-electron chi connectivity index (χ4n) is 0.639. The molecule has 1 aromatic heterocycles. The second-order valence-electron chi connectivity index (χ2n) is 1.67. The molecule has 1 rings (SSSR count). The number of aromatic nitrogens is 1. The minimum Gasteiger partial charge on any atom is -0.493 e. The van der Waals surface area contributed by atoms with E-state index >= 15 is 0 Å². The van der Waals surface area contributed by atoms with E-state index in [4.69, 9.17) is 4.74 Å². The number of methoxy groups -OCH3 is 1. The smallest absolute Gasteiger partial charge is 0.178 e. The lowest BCUT2D eigenvalue weighted by Crippen LogP contribution is -1.91. The van der Waals surface area contributed by atoms with Crippen LogP contribution in [0.25, 0.3) is 0 Å². The van der Waals surface area contributed by atoms with E-state index in [2.05, 4.69) is 22.5 Å². The molecule has 1 aromatic rings. The van der Waals surface area contributed by atoms with Crippen molar-refractivity contribution in [3.8, 4) is 5.75 Å². The lowest BCUT2D eigenvalue weighted by atomic mass is 10.4. The highest BCUT2D eigenvalue weighted by Gasteiger charge is 1.97. The summed E-state index contributed by atoms with van der Waals surface area (Å²) in [4.78, 5) is 3.96. The third kappa shape index (κ3) is 1.33. The number of nitrogens with one attached hydrogen (secondary N) is 1. The molecule has 0 fully saturated rings. The zero-order valence-corrected chi connectivity index (χ0v) is 6.43. The van der Waals surface area contributed by atoms with E-state index < -0.39 is 0 Å². The van der Waals surface area contributed by atoms with Gasteiger partial charge >= 0.3 is 0 Å². The van der Waals surface area contributed by atoms with Crippen LogP contribution in [0.3, 0.4) is 0 Å². The van der Waals surface area contributed by atoms with E-state index in [0.29, 0.717) is 11.6 Å². The van der Waals surface area contributed by atoms with Crippen molar-refractivity contribution in [2.24, 2.45) is 0 Å². The first kappa shape index (κ1) is 7.21. The molecule has 0 spiro atoms. The average Bonchev–Trinajstić information content (AvgIpc) is 2.04. The van der Waals surface area contributed by atoms with Gasteiger partial charge in [0.2, 0.25) is 0 Å². The van der Waals surface area contributed by atoms with Crippen LogP contribution in [0.15, 0.2) is 18.3 Å².